The van der Waals surface area contributed by atoms with E-state index < -0.39 is 15.4 Å². The summed E-state index contributed by atoms with van der Waals surface area (Å²) in [5, 5.41) is 7.26. The Morgan fingerprint density at radius 2 is 1.73 bits per heavy atom. The van der Waals surface area contributed by atoms with E-state index in [1.165, 1.54) is 11.8 Å². The zero-order chi connectivity index (χ0) is 18.6. The van der Waals surface area contributed by atoms with E-state index in [2.05, 4.69) is 10.2 Å². The number of thioether (sulfide) groups is 1. The van der Waals surface area contributed by atoms with Crippen LogP contribution in [0.1, 0.15) is 22.3 Å². The molecule has 3 aromatic rings. The standard InChI is InChI=1S/C17H15ClN2O4S2/c18-14-8-6-13(7-9-14)11-25-17-20-19-16(24-17)15(26(21,22)23)10-12-4-2-1-3-5-12/h1-9,15H,10-11H2,(H,21,22,23). The molecule has 0 saturated heterocycles. The van der Waals surface area contributed by atoms with Crippen molar-refractivity contribution < 1.29 is 17.4 Å². The number of rotatable bonds is 7. The molecule has 0 spiro atoms. The van der Waals surface area contributed by atoms with Gasteiger partial charge in [0, 0.05) is 17.2 Å². The fraction of sp³-hybridized carbons (Fsp3) is 0.176. The third kappa shape index (κ3) is 5.07. The molecule has 3 rings (SSSR count). The lowest BCUT2D eigenvalue weighted by Crippen LogP contribution is -2.15. The molecule has 6 nitrogen and oxygen atoms in total. The zero-order valence-corrected chi connectivity index (χ0v) is 15.8. The third-order valence-corrected chi connectivity index (χ3v) is 5.83. The molecular formula is C17H15ClN2O4S2. The summed E-state index contributed by atoms with van der Waals surface area (Å²) in [7, 11) is -4.39. The highest BCUT2D eigenvalue weighted by molar-refractivity contribution is 7.98. The molecule has 0 saturated carbocycles. The molecule has 136 valence electrons. The lowest BCUT2D eigenvalue weighted by Gasteiger charge is -2.09. The van der Waals surface area contributed by atoms with Gasteiger partial charge in [0.15, 0.2) is 5.25 Å². The van der Waals surface area contributed by atoms with Crippen molar-refractivity contribution >= 4 is 33.5 Å². The number of aromatic nitrogens is 2. The van der Waals surface area contributed by atoms with Crippen LogP contribution in [0, 0.1) is 0 Å². The average molecular weight is 411 g/mol. The van der Waals surface area contributed by atoms with Gasteiger partial charge in [-0.05, 0) is 23.3 Å². The Labute approximate surface area is 160 Å². The van der Waals surface area contributed by atoms with Gasteiger partial charge in [0.05, 0.1) is 0 Å². The molecule has 26 heavy (non-hydrogen) atoms. The van der Waals surface area contributed by atoms with Gasteiger partial charge in [-0.15, -0.1) is 10.2 Å². The Morgan fingerprint density at radius 3 is 2.38 bits per heavy atom. The second kappa shape index (κ2) is 8.22. The molecule has 1 N–H and O–H groups in total. The molecule has 1 aromatic heterocycles. The van der Waals surface area contributed by atoms with Crippen LogP contribution in [0.15, 0.2) is 64.2 Å². The van der Waals surface area contributed by atoms with Gasteiger partial charge >= 0.3 is 0 Å². The summed E-state index contributed by atoms with van der Waals surface area (Å²) < 4.78 is 38.6. The van der Waals surface area contributed by atoms with Crippen LogP contribution < -0.4 is 0 Å². The Morgan fingerprint density at radius 1 is 1.04 bits per heavy atom. The lowest BCUT2D eigenvalue weighted by atomic mass is 10.1. The molecule has 1 atom stereocenters. The van der Waals surface area contributed by atoms with E-state index in [0.29, 0.717) is 10.8 Å². The van der Waals surface area contributed by atoms with Crippen molar-refractivity contribution in [2.24, 2.45) is 0 Å². The highest BCUT2D eigenvalue weighted by Crippen LogP contribution is 2.29. The number of hydrogen-bond donors (Lipinski definition) is 1. The van der Waals surface area contributed by atoms with E-state index in [-0.39, 0.29) is 17.5 Å². The van der Waals surface area contributed by atoms with E-state index in [1.807, 2.05) is 18.2 Å². The van der Waals surface area contributed by atoms with Gasteiger partial charge in [-0.25, -0.2) is 0 Å². The van der Waals surface area contributed by atoms with Crippen LogP contribution in [0.25, 0.3) is 0 Å². The fourth-order valence-corrected chi connectivity index (χ4v) is 3.89. The minimum absolute atomic E-state index is 0.0448. The molecule has 0 radical (unpaired) electrons. The van der Waals surface area contributed by atoms with Crippen molar-refractivity contribution in [2.45, 2.75) is 22.6 Å². The van der Waals surface area contributed by atoms with Gasteiger partial charge in [0.1, 0.15) is 0 Å². The SMILES string of the molecule is O=S(=O)(O)C(Cc1ccccc1)c1nnc(SCc2ccc(Cl)cc2)o1. The number of hydrogen-bond acceptors (Lipinski definition) is 6. The first kappa shape index (κ1) is 18.9. The van der Waals surface area contributed by atoms with E-state index in [0.717, 1.165) is 11.1 Å². The van der Waals surface area contributed by atoms with Crippen LogP contribution in [0.5, 0.6) is 0 Å². The molecule has 0 bridgehead atoms. The summed E-state index contributed by atoms with van der Waals surface area (Å²) in [6, 6.07) is 16.3. The van der Waals surface area contributed by atoms with Crippen LogP contribution in [0.4, 0.5) is 0 Å². The van der Waals surface area contributed by atoms with Gasteiger partial charge < -0.3 is 4.42 Å². The highest BCUT2D eigenvalue weighted by atomic mass is 35.5. The summed E-state index contributed by atoms with van der Waals surface area (Å²) in [6.07, 6.45) is 0.0448. The van der Waals surface area contributed by atoms with Crippen molar-refractivity contribution in [3.63, 3.8) is 0 Å². The third-order valence-electron chi connectivity index (χ3n) is 3.60. The molecule has 0 amide bonds. The van der Waals surface area contributed by atoms with Crippen molar-refractivity contribution in [3.05, 3.63) is 76.6 Å². The van der Waals surface area contributed by atoms with Gasteiger partial charge in [-0.1, -0.05) is 65.8 Å². The Bertz CT molecular complexity index is 960. The first-order chi connectivity index (χ1) is 12.4. The topological polar surface area (TPSA) is 93.3 Å². The summed E-state index contributed by atoms with van der Waals surface area (Å²) in [6.45, 7) is 0. The maximum Gasteiger partial charge on any atom is 0.277 e. The van der Waals surface area contributed by atoms with E-state index in [9.17, 15) is 13.0 Å². The lowest BCUT2D eigenvalue weighted by molar-refractivity contribution is 0.391. The minimum atomic E-state index is -4.39. The van der Waals surface area contributed by atoms with Gasteiger partial charge in [0.2, 0.25) is 5.89 Å². The molecule has 1 heterocycles. The summed E-state index contributed by atoms with van der Waals surface area (Å²) in [4.78, 5) is 0. The van der Waals surface area contributed by atoms with Gasteiger partial charge in [-0.2, -0.15) is 8.42 Å². The van der Waals surface area contributed by atoms with Crippen molar-refractivity contribution in [2.75, 3.05) is 0 Å². The number of benzene rings is 2. The van der Waals surface area contributed by atoms with Crippen LogP contribution in [0.3, 0.4) is 0 Å². The van der Waals surface area contributed by atoms with Crippen molar-refractivity contribution in [1.29, 1.82) is 0 Å². The van der Waals surface area contributed by atoms with Crippen LogP contribution in [-0.4, -0.2) is 23.2 Å². The van der Waals surface area contributed by atoms with Crippen molar-refractivity contribution in [1.82, 2.24) is 10.2 Å². The molecule has 2 aromatic carbocycles. The molecule has 1 unspecified atom stereocenters. The zero-order valence-electron chi connectivity index (χ0n) is 13.4. The van der Waals surface area contributed by atoms with Gasteiger partial charge in [0.25, 0.3) is 15.3 Å². The predicted molar refractivity (Wildman–Crippen MR) is 99.7 cm³/mol. The normalized spacial score (nSPS) is 12.8. The summed E-state index contributed by atoms with van der Waals surface area (Å²) >= 11 is 7.12. The smallest absolute Gasteiger partial charge is 0.277 e. The molecule has 0 aliphatic carbocycles. The van der Waals surface area contributed by atoms with Crippen LogP contribution >= 0.6 is 23.4 Å². The second-order valence-electron chi connectivity index (χ2n) is 5.51. The first-order valence-electron chi connectivity index (χ1n) is 7.62. The molecular weight excluding hydrogens is 396 g/mol. The van der Waals surface area contributed by atoms with Crippen molar-refractivity contribution in [3.8, 4) is 0 Å². The molecule has 0 fully saturated rings. The number of nitrogens with zero attached hydrogens (tertiary/aromatic N) is 2. The largest absolute Gasteiger partial charge is 0.414 e. The highest BCUT2D eigenvalue weighted by Gasteiger charge is 2.31. The Balaban J connectivity index is 1.73. The monoisotopic (exact) mass is 410 g/mol. The minimum Gasteiger partial charge on any atom is -0.414 e. The summed E-state index contributed by atoms with van der Waals surface area (Å²) in [5.41, 5.74) is 1.75. The predicted octanol–water partition coefficient (Wildman–Crippen LogP) is 4.19. The van der Waals surface area contributed by atoms with Gasteiger partial charge in [-0.3, -0.25) is 4.55 Å². The van der Waals surface area contributed by atoms with E-state index in [4.69, 9.17) is 16.0 Å². The molecule has 0 aliphatic heterocycles. The molecule has 9 heteroatoms. The second-order valence-corrected chi connectivity index (χ2v) is 8.48. The first-order valence-corrected chi connectivity index (χ1v) is 10.5. The fourth-order valence-electron chi connectivity index (χ4n) is 2.28. The maximum atomic E-state index is 11.8. The maximum absolute atomic E-state index is 11.8. The van der Waals surface area contributed by atoms with Crippen LogP contribution in [0.2, 0.25) is 5.02 Å². The Hall–Kier alpha value is -1.87. The quantitative estimate of drug-likeness (QED) is 0.461. The summed E-state index contributed by atoms with van der Waals surface area (Å²) in [5.74, 6) is 0.434. The average Bonchev–Trinajstić information content (AvgIpc) is 3.07. The van der Waals surface area contributed by atoms with E-state index in [1.54, 1.807) is 36.4 Å². The Kier molecular flexibility index (Phi) is 5.98. The van der Waals surface area contributed by atoms with Crippen LogP contribution in [-0.2, 0) is 22.3 Å². The van der Waals surface area contributed by atoms with E-state index >= 15 is 0 Å². The molecule has 0 aliphatic rings. The number of halogens is 1.